The molecule has 1 unspecified atom stereocenters. The van der Waals surface area contributed by atoms with Gasteiger partial charge in [-0.25, -0.2) is 0 Å². The minimum atomic E-state index is 0.525. The number of benzene rings is 1. The summed E-state index contributed by atoms with van der Waals surface area (Å²) < 4.78 is 0. The Bertz CT molecular complexity index is 407. The second-order valence-corrected chi connectivity index (χ2v) is 5.50. The summed E-state index contributed by atoms with van der Waals surface area (Å²) in [5.74, 6) is 0.762. The summed E-state index contributed by atoms with van der Waals surface area (Å²) >= 11 is 12.0. The maximum Gasteiger partial charge on any atom is 0.0616 e. The third-order valence-corrected chi connectivity index (χ3v) is 4.23. The second-order valence-electron chi connectivity index (χ2n) is 4.69. The van der Waals surface area contributed by atoms with Crippen LogP contribution in [0.25, 0.3) is 0 Å². The molecule has 4 heteroatoms. The SMILES string of the molecule is CCC1CCCN(c2cc(Cl)c(Cl)cc2N)C1. The summed E-state index contributed by atoms with van der Waals surface area (Å²) in [4.78, 5) is 2.33. The van der Waals surface area contributed by atoms with E-state index in [0.717, 1.165) is 30.4 Å². The molecule has 0 aliphatic carbocycles. The Morgan fingerprint density at radius 1 is 1.35 bits per heavy atom. The molecule has 0 radical (unpaired) electrons. The van der Waals surface area contributed by atoms with Crippen molar-refractivity contribution in [3.05, 3.63) is 22.2 Å². The van der Waals surface area contributed by atoms with Crippen LogP contribution in [0.1, 0.15) is 26.2 Å². The number of nitrogens with zero attached hydrogens (tertiary/aromatic N) is 1. The molecule has 17 heavy (non-hydrogen) atoms. The van der Waals surface area contributed by atoms with E-state index in [1.54, 1.807) is 6.07 Å². The maximum atomic E-state index is 6.06. The molecule has 0 amide bonds. The van der Waals surface area contributed by atoms with Crippen LogP contribution in [-0.2, 0) is 0 Å². The highest BCUT2D eigenvalue weighted by molar-refractivity contribution is 6.42. The Balaban J connectivity index is 2.24. The number of halogens is 2. The van der Waals surface area contributed by atoms with Gasteiger partial charge < -0.3 is 10.6 Å². The lowest BCUT2D eigenvalue weighted by Crippen LogP contribution is -2.35. The fourth-order valence-corrected chi connectivity index (χ4v) is 2.77. The van der Waals surface area contributed by atoms with Crippen molar-refractivity contribution in [1.29, 1.82) is 0 Å². The largest absolute Gasteiger partial charge is 0.397 e. The van der Waals surface area contributed by atoms with Gasteiger partial charge in [0.25, 0.3) is 0 Å². The Morgan fingerprint density at radius 2 is 2.06 bits per heavy atom. The van der Waals surface area contributed by atoms with Gasteiger partial charge in [-0.3, -0.25) is 0 Å². The normalized spacial score (nSPS) is 20.6. The molecule has 1 aromatic carbocycles. The van der Waals surface area contributed by atoms with Crippen LogP contribution in [0.2, 0.25) is 10.0 Å². The van der Waals surface area contributed by atoms with Crippen LogP contribution < -0.4 is 10.6 Å². The lowest BCUT2D eigenvalue weighted by molar-refractivity contribution is 0.405. The summed E-state index contributed by atoms with van der Waals surface area (Å²) in [7, 11) is 0. The zero-order valence-electron chi connectivity index (χ0n) is 10.0. The van der Waals surface area contributed by atoms with E-state index in [4.69, 9.17) is 28.9 Å². The molecule has 0 aromatic heterocycles. The number of anilines is 2. The minimum Gasteiger partial charge on any atom is -0.397 e. The van der Waals surface area contributed by atoms with Gasteiger partial charge in [0, 0.05) is 13.1 Å². The molecule has 1 aliphatic rings. The van der Waals surface area contributed by atoms with Gasteiger partial charge >= 0.3 is 0 Å². The first-order chi connectivity index (χ1) is 8.11. The van der Waals surface area contributed by atoms with E-state index < -0.39 is 0 Å². The van der Waals surface area contributed by atoms with E-state index in [0.29, 0.717) is 10.0 Å². The summed E-state index contributed by atoms with van der Waals surface area (Å²) in [6.07, 6.45) is 3.75. The fraction of sp³-hybridized carbons (Fsp3) is 0.538. The van der Waals surface area contributed by atoms with Crippen LogP contribution in [-0.4, -0.2) is 13.1 Å². The number of hydrogen-bond acceptors (Lipinski definition) is 2. The maximum absolute atomic E-state index is 6.06. The zero-order valence-corrected chi connectivity index (χ0v) is 11.6. The van der Waals surface area contributed by atoms with Crippen LogP contribution in [0.5, 0.6) is 0 Å². The van der Waals surface area contributed by atoms with Crippen molar-refractivity contribution in [3.63, 3.8) is 0 Å². The number of piperidine rings is 1. The van der Waals surface area contributed by atoms with Gasteiger partial charge in [-0.05, 0) is 30.9 Å². The van der Waals surface area contributed by atoms with E-state index in [9.17, 15) is 0 Å². The number of nitrogens with two attached hydrogens (primary N) is 1. The minimum absolute atomic E-state index is 0.525. The molecule has 94 valence electrons. The van der Waals surface area contributed by atoms with Crippen molar-refractivity contribution in [3.8, 4) is 0 Å². The third kappa shape index (κ3) is 2.80. The molecule has 1 aliphatic heterocycles. The predicted octanol–water partition coefficient (Wildman–Crippen LogP) is 4.20. The molecule has 1 atom stereocenters. The van der Waals surface area contributed by atoms with Gasteiger partial charge in [0.1, 0.15) is 0 Å². The van der Waals surface area contributed by atoms with E-state index in [-0.39, 0.29) is 0 Å². The van der Waals surface area contributed by atoms with E-state index >= 15 is 0 Å². The molecule has 2 rings (SSSR count). The monoisotopic (exact) mass is 272 g/mol. The third-order valence-electron chi connectivity index (χ3n) is 3.51. The smallest absolute Gasteiger partial charge is 0.0616 e. The Morgan fingerprint density at radius 3 is 2.76 bits per heavy atom. The van der Waals surface area contributed by atoms with Crippen LogP contribution in [0.15, 0.2) is 12.1 Å². The first kappa shape index (κ1) is 12.8. The highest BCUT2D eigenvalue weighted by Crippen LogP contribution is 2.35. The number of nitrogen functional groups attached to an aromatic ring is 1. The van der Waals surface area contributed by atoms with E-state index in [1.165, 1.54) is 19.3 Å². The van der Waals surface area contributed by atoms with Crippen molar-refractivity contribution in [2.24, 2.45) is 5.92 Å². The van der Waals surface area contributed by atoms with Gasteiger partial charge in [-0.2, -0.15) is 0 Å². The first-order valence-electron chi connectivity index (χ1n) is 6.11. The quantitative estimate of drug-likeness (QED) is 0.818. The van der Waals surface area contributed by atoms with Gasteiger partial charge in [0.05, 0.1) is 21.4 Å². The summed E-state index contributed by atoms with van der Waals surface area (Å²) in [6.45, 7) is 4.36. The average molecular weight is 273 g/mol. The molecule has 0 spiro atoms. The second kappa shape index (κ2) is 5.36. The molecule has 2 nitrogen and oxygen atoms in total. The van der Waals surface area contributed by atoms with Gasteiger partial charge in [0.2, 0.25) is 0 Å². The first-order valence-corrected chi connectivity index (χ1v) is 6.87. The standard InChI is InChI=1S/C13H18Cl2N2/c1-2-9-4-3-5-17(8-9)13-7-11(15)10(14)6-12(13)16/h6-7,9H,2-5,8,16H2,1H3. The fourth-order valence-electron chi connectivity index (χ4n) is 2.44. The van der Waals surface area contributed by atoms with E-state index in [1.807, 2.05) is 6.07 Å². The summed E-state index contributed by atoms with van der Waals surface area (Å²) in [5.41, 5.74) is 7.77. The van der Waals surface area contributed by atoms with Gasteiger partial charge in [-0.15, -0.1) is 0 Å². The van der Waals surface area contributed by atoms with Crippen molar-refractivity contribution >= 4 is 34.6 Å². The van der Waals surface area contributed by atoms with Crippen molar-refractivity contribution in [1.82, 2.24) is 0 Å². The Labute approximate surface area is 113 Å². The van der Waals surface area contributed by atoms with Crippen LogP contribution in [0.4, 0.5) is 11.4 Å². The molecule has 0 bridgehead atoms. The van der Waals surface area contributed by atoms with Crippen molar-refractivity contribution in [2.45, 2.75) is 26.2 Å². The molecular formula is C13H18Cl2N2. The number of rotatable bonds is 2. The lowest BCUT2D eigenvalue weighted by atomic mass is 9.95. The highest BCUT2D eigenvalue weighted by atomic mass is 35.5. The van der Waals surface area contributed by atoms with Crippen molar-refractivity contribution in [2.75, 3.05) is 23.7 Å². The zero-order chi connectivity index (χ0) is 12.4. The molecule has 1 fully saturated rings. The van der Waals surface area contributed by atoms with Gasteiger partial charge in [0.15, 0.2) is 0 Å². The van der Waals surface area contributed by atoms with Crippen LogP contribution in [0.3, 0.4) is 0 Å². The van der Waals surface area contributed by atoms with Crippen LogP contribution in [0, 0.1) is 5.92 Å². The lowest BCUT2D eigenvalue weighted by Gasteiger charge is -2.34. The summed E-state index contributed by atoms with van der Waals surface area (Å²) in [6, 6.07) is 3.63. The predicted molar refractivity (Wildman–Crippen MR) is 76.1 cm³/mol. The summed E-state index contributed by atoms with van der Waals surface area (Å²) in [5, 5.41) is 1.10. The highest BCUT2D eigenvalue weighted by Gasteiger charge is 2.20. The molecule has 1 heterocycles. The number of hydrogen-bond donors (Lipinski definition) is 1. The molecule has 2 N–H and O–H groups in total. The van der Waals surface area contributed by atoms with Crippen LogP contribution >= 0.6 is 23.2 Å². The molecular weight excluding hydrogens is 255 g/mol. The van der Waals surface area contributed by atoms with Gasteiger partial charge in [-0.1, -0.05) is 36.5 Å². The van der Waals surface area contributed by atoms with Crippen molar-refractivity contribution < 1.29 is 0 Å². The molecule has 1 saturated heterocycles. The topological polar surface area (TPSA) is 29.3 Å². The Kier molecular flexibility index (Phi) is 4.05. The molecule has 1 aromatic rings. The average Bonchev–Trinajstić information content (AvgIpc) is 2.34. The molecule has 0 saturated carbocycles. The Hall–Kier alpha value is -0.600. The van der Waals surface area contributed by atoms with E-state index in [2.05, 4.69) is 11.8 Å².